The van der Waals surface area contributed by atoms with E-state index >= 15 is 0 Å². The number of hydrogen-bond donors (Lipinski definition) is 3. The number of carboxylic acids is 1. The van der Waals surface area contributed by atoms with Crippen LogP contribution in [0.3, 0.4) is 0 Å². The Kier molecular flexibility index (Phi) is 5.46. The summed E-state index contributed by atoms with van der Waals surface area (Å²) >= 11 is 1.27. The molecule has 3 N–H and O–H groups in total. The van der Waals surface area contributed by atoms with Crippen LogP contribution in [0.5, 0.6) is 0 Å². The van der Waals surface area contributed by atoms with Gasteiger partial charge in [0.25, 0.3) is 5.91 Å². The number of aryl methyl sites for hydroxylation is 2. The highest BCUT2D eigenvalue weighted by Crippen LogP contribution is 2.20. The van der Waals surface area contributed by atoms with Crippen molar-refractivity contribution in [3.8, 4) is 0 Å². The summed E-state index contributed by atoms with van der Waals surface area (Å²) in [6, 6.07) is -1.38. The van der Waals surface area contributed by atoms with Gasteiger partial charge in [0.2, 0.25) is 0 Å². The van der Waals surface area contributed by atoms with E-state index in [9.17, 15) is 14.7 Å². The molecule has 7 nitrogen and oxygen atoms in total. The molecule has 0 aliphatic heterocycles. The van der Waals surface area contributed by atoms with Gasteiger partial charge in [-0.1, -0.05) is 0 Å². The molecule has 0 fully saturated rings. The number of carboxylic acid groups (broad SMARTS) is 1. The van der Waals surface area contributed by atoms with Crippen molar-refractivity contribution in [3.05, 3.63) is 17.1 Å². The van der Waals surface area contributed by atoms with Crippen molar-refractivity contribution in [2.24, 2.45) is 0 Å². The van der Waals surface area contributed by atoms with Gasteiger partial charge < -0.3 is 15.5 Å². The molecule has 1 aromatic heterocycles. The summed E-state index contributed by atoms with van der Waals surface area (Å²) in [5.41, 5.74) is 0.698. The van der Waals surface area contributed by atoms with Crippen molar-refractivity contribution < 1.29 is 19.8 Å². The van der Waals surface area contributed by atoms with Crippen LogP contribution in [0.4, 0.5) is 0 Å². The van der Waals surface area contributed by atoms with Crippen LogP contribution in [-0.4, -0.2) is 50.5 Å². The van der Waals surface area contributed by atoms with Crippen molar-refractivity contribution in [1.29, 1.82) is 0 Å². The van der Waals surface area contributed by atoms with E-state index < -0.39 is 24.0 Å². The molecule has 0 bridgehead atoms. The lowest BCUT2D eigenvalue weighted by Gasteiger charge is -2.18. The summed E-state index contributed by atoms with van der Waals surface area (Å²) in [6.07, 6.45) is 0.558. The number of carbonyl (C=O) groups excluding carboxylic acids is 1. The number of aliphatic carboxylic acids is 1. The third-order valence-electron chi connectivity index (χ3n) is 2.62. The molecule has 8 heteroatoms. The molecule has 20 heavy (non-hydrogen) atoms. The molecule has 0 aliphatic rings. The number of carbonyl (C=O) groups is 2. The molecule has 0 radical (unpaired) electrons. The molecule has 0 spiro atoms. The minimum absolute atomic E-state index is 0.231. The van der Waals surface area contributed by atoms with Gasteiger partial charge in [-0.05, 0) is 27.0 Å². The Morgan fingerprint density at radius 3 is 2.35 bits per heavy atom. The first-order chi connectivity index (χ1) is 9.27. The maximum absolute atomic E-state index is 12.2. The fraction of sp³-hybridized carbons (Fsp3) is 0.500. The fourth-order valence-electron chi connectivity index (χ4n) is 1.69. The van der Waals surface area contributed by atoms with Gasteiger partial charge in [-0.25, -0.2) is 14.8 Å². The van der Waals surface area contributed by atoms with Gasteiger partial charge in [0.05, 0.1) is 17.4 Å². The van der Waals surface area contributed by atoms with E-state index in [2.05, 4.69) is 15.3 Å². The van der Waals surface area contributed by atoms with E-state index in [0.717, 1.165) is 0 Å². The number of aliphatic hydroxyl groups is 1. The molecule has 1 amide bonds. The van der Waals surface area contributed by atoms with Crippen LogP contribution in [0.15, 0.2) is 5.03 Å². The third-order valence-corrected chi connectivity index (χ3v) is 3.31. The Labute approximate surface area is 120 Å². The Morgan fingerprint density at radius 2 is 1.90 bits per heavy atom. The van der Waals surface area contributed by atoms with E-state index in [1.54, 1.807) is 20.1 Å². The van der Waals surface area contributed by atoms with Gasteiger partial charge in [-0.15, -0.1) is 11.8 Å². The van der Waals surface area contributed by atoms with Crippen LogP contribution in [-0.2, 0) is 4.79 Å². The highest BCUT2D eigenvalue weighted by atomic mass is 32.2. The third kappa shape index (κ3) is 3.67. The van der Waals surface area contributed by atoms with Crippen molar-refractivity contribution >= 4 is 23.6 Å². The average Bonchev–Trinajstić information content (AvgIpc) is 2.33. The quantitative estimate of drug-likeness (QED) is 0.532. The number of hydrogen-bond acceptors (Lipinski definition) is 6. The van der Waals surface area contributed by atoms with E-state index in [1.807, 2.05) is 0 Å². The van der Waals surface area contributed by atoms with E-state index in [0.29, 0.717) is 16.5 Å². The summed E-state index contributed by atoms with van der Waals surface area (Å²) in [5, 5.41) is 21.1. The monoisotopic (exact) mass is 299 g/mol. The molecule has 1 aromatic rings. The second-order valence-electron chi connectivity index (χ2n) is 4.27. The number of nitrogens with zero attached hydrogens (tertiary/aromatic N) is 2. The smallest absolute Gasteiger partial charge is 0.328 e. The maximum atomic E-state index is 12.2. The Morgan fingerprint density at radius 1 is 1.30 bits per heavy atom. The van der Waals surface area contributed by atoms with Crippen molar-refractivity contribution in [2.45, 2.75) is 37.9 Å². The lowest BCUT2D eigenvalue weighted by atomic mass is 10.1. The lowest BCUT2D eigenvalue weighted by Crippen LogP contribution is -2.48. The molecule has 0 aromatic carbocycles. The van der Waals surface area contributed by atoms with Gasteiger partial charge in [0.15, 0.2) is 6.04 Å². The number of amides is 1. The summed E-state index contributed by atoms with van der Waals surface area (Å²) in [5.74, 6) is -1.38. The molecule has 2 unspecified atom stereocenters. The minimum Gasteiger partial charge on any atom is -0.480 e. The number of aliphatic hydroxyl groups excluding tert-OH is 1. The standard InChI is InChI=1S/C12H17N3O4S/c1-5-8(11(20-4)14-7(3)13-5)10(17)15-9(6(2)16)12(18)19/h6,9,16H,1-4H3,(H,15,17)(H,18,19). The normalized spacial score (nSPS) is 13.7. The maximum Gasteiger partial charge on any atom is 0.328 e. The first kappa shape index (κ1) is 16.4. The summed E-state index contributed by atoms with van der Waals surface area (Å²) in [7, 11) is 0. The van der Waals surface area contributed by atoms with Crippen LogP contribution in [0.1, 0.15) is 28.8 Å². The first-order valence-electron chi connectivity index (χ1n) is 5.88. The SMILES string of the molecule is CSc1nc(C)nc(C)c1C(=O)NC(C(=O)O)C(C)O. The minimum atomic E-state index is -1.38. The first-order valence-corrected chi connectivity index (χ1v) is 7.11. The number of rotatable bonds is 5. The summed E-state index contributed by atoms with van der Waals surface area (Å²) in [4.78, 5) is 31.4. The van der Waals surface area contributed by atoms with Crippen LogP contribution in [0.25, 0.3) is 0 Å². The van der Waals surface area contributed by atoms with Crippen molar-refractivity contribution in [1.82, 2.24) is 15.3 Å². The van der Waals surface area contributed by atoms with Gasteiger partial charge in [0, 0.05) is 0 Å². The highest BCUT2D eigenvalue weighted by Gasteiger charge is 2.27. The fourth-order valence-corrected chi connectivity index (χ4v) is 2.36. The summed E-state index contributed by atoms with van der Waals surface area (Å²) in [6.45, 7) is 4.67. The molecule has 0 saturated heterocycles. The predicted molar refractivity (Wildman–Crippen MR) is 73.9 cm³/mol. The number of aromatic nitrogens is 2. The van der Waals surface area contributed by atoms with Crippen LogP contribution in [0, 0.1) is 13.8 Å². The molecule has 110 valence electrons. The largest absolute Gasteiger partial charge is 0.480 e. The van der Waals surface area contributed by atoms with Crippen LogP contribution < -0.4 is 5.32 Å². The second-order valence-corrected chi connectivity index (χ2v) is 5.07. The molecular weight excluding hydrogens is 282 g/mol. The molecule has 0 saturated carbocycles. The average molecular weight is 299 g/mol. The number of thioether (sulfide) groups is 1. The zero-order chi connectivity index (χ0) is 15.4. The van der Waals surface area contributed by atoms with Gasteiger partial charge in [-0.2, -0.15) is 0 Å². The van der Waals surface area contributed by atoms with Crippen LogP contribution in [0.2, 0.25) is 0 Å². The van der Waals surface area contributed by atoms with Crippen molar-refractivity contribution in [2.75, 3.05) is 6.26 Å². The molecule has 0 aliphatic carbocycles. The molecule has 1 heterocycles. The highest BCUT2D eigenvalue weighted by molar-refractivity contribution is 7.98. The van der Waals surface area contributed by atoms with E-state index in [-0.39, 0.29) is 5.56 Å². The van der Waals surface area contributed by atoms with E-state index in [4.69, 9.17) is 5.11 Å². The Balaban J connectivity index is 3.12. The predicted octanol–water partition coefficient (Wildman–Crippen LogP) is 0.379. The molecular formula is C12H17N3O4S. The van der Waals surface area contributed by atoms with Crippen LogP contribution >= 0.6 is 11.8 Å². The summed E-state index contributed by atoms with van der Waals surface area (Å²) < 4.78 is 0. The Bertz CT molecular complexity index is 534. The van der Waals surface area contributed by atoms with Gasteiger partial charge in [0.1, 0.15) is 10.9 Å². The Hall–Kier alpha value is -1.67. The van der Waals surface area contributed by atoms with Crippen molar-refractivity contribution in [3.63, 3.8) is 0 Å². The zero-order valence-electron chi connectivity index (χ0n) is 11.7. The zero-order valence-corrected chi connectivity index (χ0v) is 12.5. The van der Waals surface area contributed by atoms with Gasteiger partial charge in [-0.3, -0.25) is 4.79 Å². The van der Waals surface area contributed by atoms with Gasteiger partial charge >= 0.3 is 5.97 Å². The van der Waals surface area contributed by atoms with E-state index in [1.165, 1.54) is 18.7 Å². The molecule has 2 atom stereocenters. The molecule has 1 rings (SSSR count). The number of nitrogens with one attached hydrogen (secondary N) is 1. The lowest BCUT2D eigenvalue weighted by molar-refractivity contribution is -0.141. The second kappa shape index (κ2) is 6.67. The topological polar surface area (TPSA) is 112 Å².